The van der Waals surface area contributed by atoms with Crippen LogP contribution < -0.4 is 5.73 Å². The molecule has 88 valence electrons. The monoisotopic (exact) mass is 220 g/mol. The summed E-state index contributed by atoms with van der Waals surface area (Å²) in [6.07, 6.45) is 2.14. The standard InChI is InChI=1S/C13H20N2O/c1-3-4-8-15(2)13(16)12-7-5-6-11(9-12)10-14/h5-7,9H,3-4,8,10,14H2,1-2H3. The van der Waals surface area contributed by atoms with Gasteiger partial charge < -0.3 is 10.6 Å². The van der Waals surface area contributed by atoms with Crippen molar-refractivity contribution in [2.75, 3.05) is 13.6 Å². The van der Waals surface area contributed by atoms with E-state index in [1.165, 1.54) is 0 Å². The quantitative estimate of drug-likeness (QED) is 0.825. The minimum Gasteiger partial charge on any atom is -0.342 e. The van der Waals surface area contributed by atoms with E-state index in [9.17, 15) is 4.79 Å². The Balaban J connectivity index is 2.71. The highest BCUT2D eigenvalue weighted by Crippen LogP contribution is 2.08. The van der Waals surface area contributed by atoms with E-state index in [0.717, 1.165) is 30.5 Å². The summed E-state index contributed by atoms with van der Waals surface area (Å²) in [4.78, 5) is 13.8. The van der Waals surface area contributed by atoms with Crippen LogP contribution in [0.25, 0.3) is 0 Å². The van der Waals surface area contributed by atoms with Gasteiger partial charge in [-0.25, -0.2) is 0 Å². The van der Waals surface area contributed by atoms with Crippen LogP contribution in [0.5, 0.6) is 0 Å². The first-order chi connectivity index (χ1) is 7.69. The highest BCUT2D eigenvalue weighted by Gasteiger charge is 2.10. The number of carbonyl (C=O) groups excluding carboxylic acids is 1. The number of amides is 1. The second-order valence-corrected chi connectivity index (χ2v) is 3.98. The molecule has 0 unspecified atom stereocenters. The SMILES string of the molecule is CCCCN(C)C(=O)c1cccc(CN)c1. The number of hydrogen-bond acceptors (Lipinski definition) is 2. The molecule has 16 heavy (non-hydrogen) atoms. The predicted molar refractivity (Wildman–Crippen MR) is 66.2 cm³/mol. The molecule has 0 saturated carbocycles. The zero-order valence-electron chi connectivity index (χ0n) is 10.1. The molecule has 3 heteroatoms. The van der Waals surface area contributed by atoms with E-state index < -0.39 is 0 Å². The zero-order valence-corrected chi connectivity index (χ0v) is 10.1. The second kappa shape index (κ2) is 6.28. The molecule has 0 aliphatic rings. The van der Waals surface area contributed by atoms with Crippen molar-refractivity contribution in [2.45, 2.75) is 26.3 Å². The summed E-state index contributed by atoms with van der Waals surface area (Å²) in [5.41, 5.74) is 7.27. The summed E-state index contributed by atoms with van der Waals surface area (Å²) in [5, 5.41) is 0. The fourth-order valence-electron chi connectivity index (χ4n) is 1.55. The Labute approximate surface area is 97.2 Å². The molecular weight excluding hydrogens is 200 g/mol. The largest absolute Gasteiger partial charge is 0.342 e. The summed E-state index contributed by atoms with van der Waals surface area (Å²) < 4.78 is 0. The van der Waals surface area contributed by atoms with Gasteiger partial charge in [-0.15, -0.1) is 0 Å². The molecule has 3 nitrogen and oxygen atoms in total. The minimum absolute atomic E-state index is 0.0729. The van der Waals surface area contributed by atoms with E-state index in [4.69, 9.17) is 5.73 Å². The van der Waals surface area contributed by atoms with Crippen molar-refractivity contribution in [3.8, 4) is 0 Å². The van der Waals surface area contributed by atoms with Gasteiger partial charge in [-0.3, -0.25) is 4.79 Å². The van der Waals surface area contributed by atoms with Crippen molar-refractivity contribution >= 4 is 5.91 Å². The molecule has 0 aliphatic heterocycles. The summed E-state index contributed by atoms with van der Waals surface area (Å²) in [6, 6.07) is 7.51. The van der Waals surface area contributed by atoms with Gasteiger partial charge in [0.1, 0.15) is 0 Å². The third kappa shape index (κ3) is 3.35. The van der Waals surface area contributed by atoms with Crippen LogP contribution in [0.4, 0.5) is 0 Å². The Morgan fingerprint density at radius 1 is 1.44 bits per heavy atom. The molecule has 0 aliphatic carbocycles. The smallest absolute Gasteiger partial charge is 0.253 e. The Hall–Kier alpha value is -1.35. The van der Waals surface area contributed by atoms with Crippen LogP contribution in [0.1, 0.15) is 35.7 Å². The minimum atomic E-state index is 0.0729. The van der Waals surface area contributed by atoms with E-state index >= 15 is 0 Å². The first kappa shape index (κ1) is 12.7. The topological polar surface area (TPSA) is 46.3 Å². The van der Waals surface area contributed by atoms with Gasteiger partial charge in [-0.1, -0.05) is 25.5 Å². The third-order valence-electron chi connectivity index (χ3n) is 2.60. The average Bonchev–Trinajstić information content (AvgIpc) is 2.35. The van der Waals surface area contributed by atoms with E-state index in [-0.39, 0.29) is 5.91 Å². The predicted octanol–water partition coefficient (Wildman–Crippen LogP) is 2.02. The highest BCUT2D eigenvalue weighted by molar-refractivity contribution is 5.94. The molecule has 1 rings (SSSR count). The molecule has 1 amide bonds. The molecule has 0 fully saturated rings. The molecule has 1 aromatic carbocycles. The van der Waals surface area contributed by atoms with Gasteiger partial charge in [0.05, 0.1) is 0 Å². The van der Waals surface area contributed by atoms with Crippen LogP contribution in [-0.2, 0) is 6.54 Å². The van der Waals surface area contributed by atoms with Gasteiger partial charge >= 0.3 is 0 Å². The van der Waals surface area contributed by atoms with Crippen molar-refractivity contribution in [2.24, 2.45) is 5.73 Å². The Kier molecular flexibility index (Phi) is 4.99. The van der Waals surface area contributed by atoms with Crippen LogP contribution in [0.2, 0.25) is 0 Å². The van der Waals surface area contributed by atoms with Gasteiger partial charge in [0.25, 0.3) is 5.91 Å². The van der Waals surface area contributed by atoms with Crippen LogP contribution in [0.3, 0.4) is 0 Å². The van der Waals surface area contributed by atoms with Crippen molar-refractivity contribution in [3.05, 3.63) is 35.4 Å². The Morgan fingerprint density at radius 3 is 2.81 bits per heavy atom. The Bertz CT molecular complexity index is 350. The average molecular weight is 220 g/mol. The molecule has 0 spiro atoms. The highest BCUT2D eigenvalue weighted by atomic mass is 16.2. The molecule has 0 bridgehead atoms. The molecule has 0 heterocycles. The van der Waals surface area contributed by atoms with Crippen LogP contribution in [0, 0.1) is 0 Å². The van der Waals surface area contributed by atoms with E-state index in [1.54, 1.807) is 4.90 Å². The van der Waals surface area contributed by atoms with E-state index in [2.05, 4.69) is 6.92 Å². The molecule has 2 N–H and O–H groups in total. The number of benzene rings is 1. The van der Waals surface area contributed by atoms with Crippen molar-refractivity contribution in [3.63, 3.8) is 0 Å². The fourth-order valence-corrected chi connectivity index (χ4v) is 1.55. The molecule has 0 radical (unpaired) electrons. The normalized spacial score (nSPS) is 10.2. The maximum atomic E-state index is 12.0. The number of nitrogens with two attached hydrogens (primary N) is 1. The first-order valence-electron chi connectivity index (χ1n) is 5.73. The van der Waals surface area contributed by atoms with E-state index in [0.29, 0.717) is 6.54 Å². The van der Waals surface area contributed by atoms with E-state index in [1.807, 2.05) is 31.3 Å². The van der Waals surface area contributed by atoms with Gasteiger partial charge in [-0.2, -0.15) is 0 Å². The number of nitrogens with zero attached hydrogens (tertiary/aromatic N) is 1. The molecular formula is C13H20N2O. The maximum Gasteiger partial charge on any atom is 0.253 e. The number of hydrogen-bond donors (Lipinski definition) is 1. The van der Waals surface area contributed by atoms with Crippen molar-refractivity contribution in [1.82, 2.24) is 4.90 Å². The lowest BCUT2D eigenvalue weighted by Crippen LogP contribution is -2.27. The number of rotatable bonds is 5. The summed E-state index contributed by atoms with van der Waals surface area (Å²) >= 11 is 0. The second-order valence-electron chi connectivity index (χ2n) is 3.98. The zero-order chi connectivity index (χ0) is 12.0. The van der Waals surface area contributed by atoms with Crippen LogP contribution in [0.15, 0.2) is 24.3 Å². The summed E-state index contributed by atoms with van der Waals surface area (Å²) in [5.74, 6) is 0.0729. The van der Waals surface area contributed by atoms with Crippen LogP contribution >= 0.6 is 0 Å². The summed E-state index contributed by atoms with van der Waals surface area (Å²) in [7, 11) is 1.84. The molecule has 1 aromatic rings. The fraction of sp³-hybridized carbons (Fsp3) is 0.462. The van der Waals surface area contributed by atoms with Gasteiger partial charge in [0, 0.05) is 25.7 Å². The van der Waals surface area contributed by atoms with Gasteiger partial charge in [0.2, 0.25) is 0 Å². The number of unbranched alkanes of at least 4 members (excludes halogenated alkanes) is 1. The molecule has 0 atom stereocenters. The maximum absolute atomic E-state index is 12.0. The van der Waals surface area contributed by atoms with Crippen molar-refractivity contribution in [1.29, 1.82) is 0 Å². The van der Waals surface area contributed by atoms with Gasteiger partial charge in [-0.05, 0) is 24.1 Å². The van der Waals surface area contributed by atoms with Crippen LogP contribution in [-0.4, -0.2) is 24.4 Å². The molecule has 0 saturated heterocycles. The lowest BCUT2D eigenvalue weighted by atomic mass is 10.1. The van der Waals surface area contributed by atoms with Gasteiger partial charge in [0.15, 0.2) is 0 Å². The third-order valence-corrected chi connectivity index (χ3v) is 2.60. The lowest BCUT2D eigenvalue weighted by molar-refractivity contribution is 0.0793. The Morgan fingerprint density at radius 2 is 2.19 bits per heavy atom. The molecule has 0 aromatic heterocycles. The first-order valence-corrected chi connectivity index (χ1v) is 5.73. The lowest BCUT2D eigenvalue weighted by Gasteiger charge is -2.17. The summed E-state index contributed by atoms with van der Waals surface area (Å²) in [6.45, 7) is 3.40. The number of carbonyl (C=O) groups is 1. The van der Waals surface area contributed by atoms with Crippen molar-refractivity contribution < 1.29 is 4.79 Å².